The first-order valence-corrected chi connectivity index (χ1v) is 8.76. The van der Waals surface area contributed by atoms with E-state index in [2.05, 4.69) is 51.9 Å². The second kappa shape index (κ2) is 6.55. The average molecular weight is 296 g/mol. The van der Waals surface area contributed by atoms with Crippen molar-refractivity contribution in [1.29, 1.82) is 0 Å². The van der Waals surface area contributed by atoms with E-state index in [0.717, 1.165) is 13.2 Å². The van der Waals surface area contributed by atoms with Gasteiger partial charge in [-0.1, -0.05) is 34.6 Å². The van der Waals surface area contributed by atoms with E-state index in [1.165, 1.54) is 32.4 Å². The Bertz CT molecular complexity index is 332. The Morgan fingerprint density at radius 2 is 1.81 bits per heavy atom. The maximum absolute atomic E-state index is 6.07. The first kappa shape index (κ1) is 17.2. The molecule has 0 aromatic rings. The van der Waals surface area contributed by atoms with Crippen molar-refractivity contribution in [2.45, 2.75) is 66.0 Å². The Labute approximate surface area is 131 Å². The highest BCUT2D eigenvalue weighted by molar-refractivity contribution is 5.03. The van der Waals surface area contributed by atoms with Gasteiger partial charge in [-0.2, -0.15) is 0 Å². The molecule has 0 amide bonds. The second-order valence-electron chi connectivity index (χ2n) is 8.82. The summed E-state index contributed by atoms with van der Waals surface area (Å²) in [6, 6.07) is 0.617. The van der Waals surface area contributed by atoms with Crippen molar-refractivity contribution >= 4 is 0 Å². The molecule has 3 nitrogen and oxygen atoms in total. The van der Waals surface area contributed by atoms with Crippen LogP contribution in [0.4, 0.5) is 0 Å². The first-order valence-electron chi connectivity index (χ1n) is 8.76. The number of rotatable bonds is 6. The summed E-state index contributed by atoms with van der Waals surface area (Å²) < 4.78 is 6.07. The van der Waals surface area contributed by atoms with E-state index in [4.69, 9.17) is 4.74 Å². The number of ether oxygens (including phenoxy) is 1. The smallest absolute Gasteiger partial charge is 0.0656 e. The minimum Gasteiger partial charge on any atom is -0.377 e. The summed E-state index contributed by atoms with van der Waals surface area (Å²) in [4.78, 5) is 2.45. The number of nitrogens with one attached hydrogen (secondary N) is 1. The molecule has 0 aromatic carbocycles. The average Bonchev–Trinajstić information content (AvgIpc) is 2.40. The molecule has 1 saturated carbocycles. The molecule has 1 aliphatic carbocycles. The summed E-state index contributed by atoms with van der Waals surface area (Å²) >= 11 is 0. The van der Waals surface area contributed by atoms with Crippen molar-refractivity contribution in [2.75, 3.05) is 33.3 Å². The van der Waals surface area contributed by atoms with Gasteiger partial charge in [-0.15, -0.1) is 0 Å². The number of hydrogen-bond acceptors (Lipinski definition) is 3. The van der Waals surface area contributed by atoms with Crippen LogP contribution in [-0.4, -0.2) is 50.3 Å². The zero-order valence-electron chi connectivity index (χ0n) is 15.0. The van der Waals surface area contributed by atoms with Crippen LogP contribution in [-0.2, 0) is 4.74 Å². The highest BCUT2D eigenvalue weighted by Gasteiger charge is 2.49. The van der Waals surface area contributed by atoms with E-state index in [9.17, 15) is 0 Å². The zero-order valence-corrected chi connectivity index (χ0v) is 15.0. The van der Waals surface area contributed by atoms with Gasteiger partial charge in [-0.3, -0.25) is 0 Å². The lowest BCUT2D eigenvalue weighted by atomic mass is 9.64. The van der Waals surface area contributed by atoms with Crippen molar-refractivity contribution in [3.63, 3.8) is 0 Å². The Kier molecular flexibility index (Phi) is 5.38. The second-order valence-corrected chi connectivity index (χ2v) is 8.82. The van der Waals surface area contributed by atoms with E-state index < -0.39 is 0 Å². The Morgan fingerprint density at radius 3 is 2.33 bits per heavy atom. The molecule has 2 unspecified atom stereocenters. The summed E-state index contributed by atoms with van der Waals surface area (Å²) in [6.45, 7) is 16.2. The summed E-state index contributed by atoms with van der Waals surface area (Å²) in [7, 11) is 2.23. The predicted octanol–water partition coefficient (Wildman–Crippen LogP) is 3.15. The maximum Gasteiger partial charge on any atom is 0.0656 e. The lowest BCUT2D eigenvalue weighted by molar-refractivity contribution is -0.125. The molecule has 2 atom stereocenters. The van der Waals surface area contributed by atoms with Crippen LogP contribution in [0.2, 0.25) is 0 Å². The van der Waals surface area contributed by atoms with Crippen LogP contribution in [0, 0.1) is 16.7 Å². The van der Waals surface area contributed by atoms with Crippen LogP contribution in [0.3, 0.4) is 0 Å². The van der Waals surface area contributed by atoms with Gasteiger partial charge < -0.3 is 15.0 Å². The van der Waals surface area contributed by atoms with Gasteiger partial charge in [-0.05, 0) is 50.7 Å². The van der Waals surface area contributed by atoms with Crippen molar-refractivity contribution in [1.82, 2.24) is 10.2 Å². The van der Waals surface area contributed by atoms with E-state index in [1.807, 2.05) is 0 Å². The number of likely N-dealkylation sites (tertiary alicyclic amines) is 1. The molecule has 2 aliphatic rings. The molecular formula is C18H36N2O. The van der Waals surface area contributed by atoms with Gasteiger partial charge in [-0.25, -0.2) is 0 Å². The summed E-state index contributed by atoms with van der Waals surface area (Å²) in [5, 5.41) is 3.85. The molecule has 3 heteroatoms. The molecule has 0 radical (unpaired) electrons. The molecule has 0 bridgehead atoms. The van der Waals surface area contributed by atoms with Crippen molar-refractivity contribution in [3.8, 4) is 0 Å². The predicted molar refractivity (Wildman–Crippen MR) is 89.6 cm³/mol. The molecular weight excluding hydrogens is 260 g/mol. The standard InChI is InChI=1S/C18H36N2O/c1-14(2)12-21-16-11-15(17(16,3)4)19-13-18(5)7-9-20(6)10-8-18/h14-16,19H,7-13H2,1-6H3. The molecule has 0 spiro atoms. The fraction of sp³-hybridized carbons (Fsp3) is 1.00. The molecule has 1 aliphatic heterocycles. The molecule has 2 fully saturated rings. The van der Waals surface area contributed by atoms with Crippen LogP contribution in [0.1, 0.15) is 53.9 Å². The van der Waals surface area contributed by atoms with Crippen LogP contribution in [0.25, 0.3) is 0 Å². The molecule has 1 heterocycles. The summed E-state index contributed by atoms with van der Waals surface area (Å²) in [5.41, 5.74) is 0.753. The van der Waals surface area contributed by atoms with Crippen LogP contribution in [0.5, 0.6) is 0 Å². The maximum atomic E-state index is 6.07. The summed E-state index contributed by atoms with van der Waals surface area (Å²) in [5.74, 6) is 0.631. The van der Waals surface area contributed by atoms with Crippen LogP contribution < -0.4 is 5.32 Å². The highest BCUT2D eigenvalue weighted by atomic mass is 16.5. The Balaban J connectivity index is 1.75. The quantitative estimate of drug-likeness (QED) is 0.815. The lowest BCUT2D eigenvalue weighted by Gasteiger charge is -2.53. The normalized spacial score (nSPS) is 32.1. The first-order chi connectivity index (χ1) is 9.73. The van der Waals surface area contributed by atoms with Crippen molar-refractivity contribution < 1.29 is 4.74 Å². The van der Waals surface area contributed by atoms with Crippen LogP contribution >= 0.6 is 0 Å². The topological polar surface area (TPSA) is 24.5 Å². The third kappa shape index (κ3) is 4.20. The molecule has 2 rings (SSSR count). The van der Waals surface area contributed by atoms with Gasteiger partial charge in [0.2, 0.25) is 0 Å². The molecule has 21 heavy (non-hydrogen) atoms. The van der Waals surface area contributed by atoms with E-state index in [-0.39, 0.29) is 5.41 Å². The molecule has 1 saturated heterocycles. The minimum absolute atomic E-state index is 0.275. The number of piperidine rings is 1. The van der Waals surface area contributed by atoms with Crippen molar-refractivity contribution in [3.05, 3.63) is 0 Å². The third-order valence-corrected chi connectivity index (χ3v) is 5.78. The minimum atomic E-state index is 0.275. The highest BCUT2D eigenvalue weighted by Crippen LogP contribution is 2.43. The van der Waals surface area contributed by atoms with Gasteiger partial charge in [0.05, 0.1) is 6.10 Å². The van der Waals surface area contributed by atoms with E-state index >= 15 is 0 Å². The third-order valence-electron chi connectivity index (χ3n) is 5.78. The zero-order chi connectivity index (χ0) is 15.7. The van der Waals surface area contributed by atoms with Gasteiger partial charge in [0, 0.05) is 24.6 Å². The molecule has 1 N–H and O–H groups in total. The summed E-state index contributed by atoms with van der Waals surface area (Å²) in [6.07, 6.45) is 4.24. The monoisotopic (exact) mass is 296 g/mol. The fourth-order valence-corrected chi connectivity index (χ4v) is 3.53. The van der Waals surface area contributed by atoms with Gasteiger partial charge in [0.25, 0.3) is 0 Å². The van der Waals surface area contributed by atoms with Gasteiger partial charge >= 0.3 is 0 Å². The number of nitrogens with zero attached hydrogens (tertiary/aromatic N) is 1. The van der Waals surface area contributed by atoms with Gasteiger partial charge in [0.1, 0.15) is 0 Å². The number of hydrogen-bond donors (Lipinski definition) is 1. The fourth-order valence-electron chi connectivity index (χ4n) is 3.53. The Morgan fingerprint density at radius 1 is 1.19 bits per heavy atom. The van der Waals surface area contributed by atoms with E-state index in [1.54, 1.807) is 0 Å². The molecule has 0 aromatic heterocycles. The van der Waals surface area contributed by atoms with E-state index in [0.29, 0.717) is 23.5 Å². The van der Waals surface area contributed by atoms with Crippen LogP contribution in [0.15, 0.2) is 0 Å². The van der Waals surface area contributed by atoms with Crippen molar-refractivity contribution in [2.24, 2.45) is 16.7 Å². The lowest BCUT2D eigenvalue weighted by Crippen LogP contribution is -2.62. The molecule has 124 valence electrons. The SMILES string of the molecule is CC(C)COC1CC(NCC2(C)CCN(C)CC2)C1(C)C. The van der Waals surface area contributed by atoms with Gasteiger partial charge in [0.15, 0.2) is 0 Å². The Hall–Kier alpha value is -0.120. The largest absolute Gasteiger partial charge is 0.377 e.